The van der Waals surface area contributed by atoms with E-state index in [-0.39, 0.29) is 22.8 Å². The smallest absolute Gasteiger partial charge is 0.328 e. The molecular weight excluding hydrogens is 224 g/mol. The maximum Gasteiger partial charge on any atom is 0.328 e. The lowest BCUT2D eigenvalue weighted by molar-refractivity contribution is -0.131. The molecule has 0 radical (unpaired) electrons. The molecule has 0 amide bonds. The zero-order valence-electron chi connectivity index (χ0n) is 9.43. The fourth-order valence-corrected chi connectivity index (χ4v) is 1.46. The number of ether oxygens (including phenoxy) is 1. The number of hydrogen-bond donors (Lipinski definition) is 2. The van der Waals surface area contributed by atoms with Crippen LogP contribution in [0.2, 0.25) is 0 Å². The van der Waals surface area contributed by atoms with Gasteiger partial charge in [0.05, 0.1) is 12.7 Å². The lowest BCUT2D eigenvalue weighted by Gasteiger charge is -2.10. The van der Waals surface area contributed by atoms with Crippen molar-refractivity contribution in [3.8, 4) is 11.5 Å². The lowest BCUT2D eigenvalue weighted by atomic mass is 10.0. The van der Waals surface area contributed by atoms with Gasteiger partial charge in [0.2, 0.25) is 0 Å². The van der Waals surface area contributed by atoms with Crippen LogP contribution in [0.4, 0.5) is 0 Å². The van der Waals surface area contributed by atoms with E-state index in [1.54, 1.807) is 0 Å². The molecule has 1 aromatic carbocycles. The monoisotopic (exact) mass is 236 g/mol. The summed E-state index contributed by atoms with van der Waals surface area (Å²) in [5.74, 6) is -1.55. The summed E-state index contributed by atoms with van der Waals surface area (Å²) >= 11 is 0. The average Bonchev–Trinajstić information content (AvgIpc) is 2.26. The highest BCUT2D eigenvalue weighted by Gasteiger charge is 2.16. The number of Topliss-reactive ketones (excluding diaryl/α,β-unsaturated/α-hetero) is 1. The van der Waals surface area contributed by atoms with E-state index in [4.69, 9.17) is 9.84 Å². The molecule has 1 rings (SSSR count). The summed E-state index contributed by atoms with van der Waals surface area (Å²) < 4.78 is 4.93. The van der Waals surface area contributed by atoms with Crippen molar-refractivity contribution in [3.05, 3.63) is 29.3 Å². The Balaban J connectivity index is 3.40. The van der Waals surface area contributed by atoms with Crippen LogP contribution in [0.25, 0.3) is 6.08 Å². The molecule has 0 unspecified atom stereocenters. The van der Waals surface area contributed by atoms with Crippen LogP contribution in [0.15, 0.2) is 18.2 Å². The molecular formula is C12H12O5. The summed E-state index contributed by atoms with van der Waals surface area (Å²) in [6.45, 7) is 1.31. The average molecular weight is 236 g/mol. The van der Waals surface area contributed by atoms with E-state index < -0.39 is 5.97 Å². The van der Waals surface area contributed by atoms with Crippen LogP contribution in [0.3, 0.4) is 0 Å². The number of rotatable bonds is 4. The summed E-state index contributed by atoms with van der Waals surface area (Å²) in [6, 6.07) is 2.79. The number of carbonyl (C=O) groups excluding carboxylic acids is 1. The number of methoxy groups -OCH3 is 1. The molecule has 0 saturated heterocycles. The van der Waals surface area contributed by atoms with Gasteiger partial charge in [-0.15, -0.1) is 0 Å². The molecule has 2 N–H and O–H groups in total. The first-order valence-electron chi connectivity index (χ1n) is 4.79. The van der Waals surface area contributed by atoms with Crippen molar-refractivity contribution in [3.63, 3.8) is 0 Å². The van der Waals surface area contributed by atoms with Crippen molar-refractivity contribution in [2.75, 3.05) is 7.11 Å². The van der Waals surface area contributed by atoms with Gasteiger partial charge in [0.15, 0.2) is 17.3 Å². The third-order valence-electron chi connectivity index (χ3n) is 2.13. The SMILES string of the molecule is COc1c(O)ccc(C=CC(=O)O)c1C(C)=O. The van der Waals surface area contributed by atoms with Crippen molar-refractivity contribution in [2.24, 2.45) is 0 Å². The fraction of sp³-hybridized carbons (Fsp3) is 0.167. The predicted octanol–water partition coefficient (Wildman–Crippen LogP) is 1.70. The highest BCUT2D eigenvalue weighted by atomic mass is 16.5. The van der Waals surface area contributed by atoms with E-state index in [1.807, 2.05) is 0 Å². The van der Waals surface area contributed by atoms with Crippen molar-refractivity contribution >= 4 is 17.8 Å². The molecule has 0 spiro atoms. The maximum atomic E-state index is 11.5. The first-order chi connectivity index (χ1) is 7.97. The van der Waals surface area contributed by atoms with Gasteiger partial charge in [0.1, 0.15) is 0 Å². The summed E-state index contributed by atoms with van der Waals surface area (Å²) in [6.07, 6.45) is 2.19. The quantitative estimate of drug-likeness (QED) is 0.614. The van der Waals surface area contributed by atoms with Gasteiger partial charge < -0.3 is 14.9 Å². The standard InChI is InChI=1S/C12H12O5/c1-7(13)11-8(4-6-10(15)16)3-5-9(14)12(11)17-2/h3-6,14H,1-2H3,(H,15,16). The second-order valence-corrected chi connectivity index (χ2v) is 3.31. The minimum Gasteiger partial charge on any atom is -0.504 e. The van der Waals surface area contributed by atoms with Crippen LogP contribution in [0.5, 0.6) is 11.5 Å². The summed E-state index contributed by atoms with van der Waals surface area (Å²) in [5.41, 5.74) is 0.541. The van der Waals surface area contributed by atoms with E-state index in [9.17, 15) is 14.7 Å². The minimum absolute atomic E-state index is 0.0463. The van der Waals surface area contributed by atoms with Gasteiger partial charge in [-0.1, -0.05) is 6.07 Å². The normalized spacial score (nSPS) is 10.5. The van der Waals surface area contributed by atoms with Crippen molar-refractivity contribution in [1.29, 1.82) is 0 Å². The van der Waals surface area contributed by atoms with Gasteiger partial charge in [-0.05, 0) is 24.6 Å². The highest BCUT2D eigenvalue weighted by molar-refractivity contribution is 6.02. The van der Waals surface area contributed by atoms with Crippen LogP contribution in [0.1, 0.15) is 22.8 Å². The van der Waals surface area contributed by atoms with Gasteiger partial charge in [0.25, 0.3) is 0 Å². The number of ketones is 1. The maximum absolute atomic E-state index is 11.5. The Morgan fingerprint density at radius 2 is 2.00 bits per heavy atom. The Morgan fingerprint density at radius 3 is 2.47 bits per heavy atom. The third-order valence-corrected chi connectivity index (χ3v) is 2.13. The number of benzene rings is 1. The molecule has 0 aliphatic rings. The number of aromatic hydroxyl groups is 1. The zero-order valence-corrected chi connectivity index (χ0v) is 9.43. The van der Waals surface area contributed by atoms with Crippen molar-refractivity contribution in [1.82, 2.24) is 0 Å². The third kappa shape index (κ3) is 2.84. The molecule has 5 heteroatoms. The largest absolute Gasteiger partial charge is 0.504 e. The summed E-state index contributed by atoms with van der Waals surface area (Å²) in [4.78, 5) is 21.9. The molecule has 0 bridgehead atoms. The van der Waals surface area contributed by atoms with E-state index in [2.05, 4.69) is 0 Å². The fourth-order valence-electron chi connectivity index (χ4n) is 1.46. The summed E-state index contributed by atoms with van der Waals surface area (Å²) in [5, 5.41) is 18.1. The van der Waals surface area contributed by atoms with Gasteiger partial charge in [-0.3, -0.25) is 4.79 Å². The Labute approximate surface area is 98.0 Å². The van der Waals surface area contributed by atoms with Gasteiger partial charge in [-0.2, -0.15) is 0 Å². The second kappa shape index (κ2) is 5.16. The van der Waals surface area contributed by atoms with E-state index in [1.165, 1.54) is 32.2 Å². The Kier molecular flexibility index (Phi) is 3.87. The zero-order chi connectivity index (χ0) is 13.0. The molecule has 0 aliphatic heterocycles. The molecule has 90 valence electrons. The van der Waals surface area contributed by atoms with Crippen LogP contribution >= 0.6 is 0 Å². The highest BCUT2D eigenvalue weighted by Crippen LogP contribution is 2.33. The molecule has 1 aromatic rings. The van der Waals surface area contributed by atoms with E-state index >= 15 is 0 Å². The molecule has 0 heterocycles. The Bertz CT molecular complexity index is 488. The van der Waals surface area contributed by atoms with Crippen LogP contribution in [-0.4, -0.2) is 29.1 Å². The number of phenols is 1. The Morgan fingerprint density at radius 1 is 1.35 bits per heavy atom. The first-order valence-corrected chi connectivity index (χ1v) is 4.79. The Hall–Kier alpha value is -2.30. The molecule has 0 fully saturated rings. The minimum atomic E-state index is -1.12. The predicted molar refractivity (Wildman–Crippen MR) is 61.3 cm³/mol. The lowest BCUT2D eigenvalue weighted by Crippen LogP contribution is -2.01. The molecule has 0 atom stereocenters. The molecule has 0 aliphatic carbocycles. The number of carboxylic acids is 1. The van der Waals surface area contributed by atoms with Gasteiger partial charge in [-0.25, -0.2) is 4.79 Å². The van der Waals surface area contributed by atoms with Crippen LogP contribution in [0, 0.1) is 0 Å². The number of carboxylic acid groups (broad SMARTS) is 1. The molecule has 17 heavy (non-hydrogen) atoms. The molecule has 0 saturated carbocycles. The molecule has 5 nitrogen and oxygen atoms in total. The van der Waals surface area contributed by atoms with Gasteiger partial charge in [0, 0.05) is 6.08 Å². The first kappa shape index (κ1) is 12.8. The van der Waals surface area contributed by atoms with Gasteiger partial charge >= 0.3 is 5.97 Å². The number of hydrogen-bond acceptors (Lipinski definition) is 4. The van der Waals surface area contributed by atoms with Crippen molar-refractivity contribution < 1.29 is 24.5 Å². The summed E-state index contributed by atoms with van der Waals surface area (Å²) in [7, 11) is 1.33. The van der Waals surface area contributed by atoms with Crippen LogP contribution < -0.4 is 4.74 Å². The van der Waals surface area contributed by atoms with E-state index in [0.29, 0.717) is 5.56 Å². The molecule has 0 aromatic heterocycles. The number of aliphatic carboxylic acids is 1. The number of carbonyl (C=O) groups is 2. The second-order valence-electron chi connectivity index (χ2n) is 3.31. The van der Waals surface area contributed by atoms with Crippen molar-refractivity contribution in [2.45, 2.75) is 6.92 Å². The van der Waals surface area contributed by atoms with E-state index in [0.717, 1.165) is 6.08 Å². The van der Waals surface area contributed by atoms with Crippen LogP contribution in [-0.2, 0) is 4.79 Å². The topological polar surface area (TPSA) is 83.8 Å². The number of phenolic OH excluding ortho intramolecular Hbond substituents is 1.